The van der Waals surface area contributed by atoms with Gasteiger partial charge in [-0.3, -0.25) is 9.59 Å². The maximum atomic E-state index is 12.1. The maximum Gasteiger partial charge on any atom is 0.265 e. The van der Waals surface area contributed by atoms with E-state index in [1.807, 2.05) is 0 Å². The highest BCUT2D eigenvalue weighted by Gasteiger charge is 2.15. The minimum atomic E-state index is -0.722. The van der Waals surface area contributed by atoms with Gasteiger partial charge in [0.1, 0.15) is 5.75 Å². The van der Waals surface area contributed by atoms with E-state index in [4.69, 9.17) is 27.9 Å². The molecule has 0 aromatic heterocycles. The molecule has 0 heterocycles. The third-order valence-electron chi connectivity index (χ3n) is 3.13. The van der Waals surface area contributed by atoms with Crippen molar-refractivity contribution in [1.82, 2.24) is 0 Å². The molecule has 6 heteroatoms. The average Bonchev–Trinajstić information content (AvgIpc) is 2.51. The van der Waals surface area contributed by atoms with E-state index in [1.165, 1.54) is 6.92 Å². The maximum absolute atomic E-state index is 12.1. The summed E-state index contributed by atoms with van der Waals surface area (Å²) in [6, 6.07) is 11.4. The summed E-state index contributed by atoms with van der Waals surface area (Å²) >= 11 is 11.7. The number of anilines is 1. The number of Topliss-reactive ketones (excluding diaryl/α,β-unsaturated/α-hetero) is 1. The van der Waals surface area contributed by atoms with Crippen molar-refractivity contribution < 1.29 is 14.3 Å². The largest absolute Gasteiger partial charge is 0.481 e. The number of halogens is 2. The van der Waals surface area contributed by atoms with Crippen molar-refractivity contribution in [2.45, 2.75) is 20.0 Å². The van der Waals surface area contributed by atoms with E-state index in [-0.39, 0.29) is 11.7 Å². The highest BCUT2D eigenvalue weighted by molar-refractivity contribution is 6.42. The van der Waals surface area contributed by atoms with Gasteiger partial charge in [-0.2, -0.15) is 0 Å². The zero-order valence-electron chi connectivity index (χ0n) is 12.6. The Labute approximate surface area is 144 Å². The summed E-state index contributed by atoms with van der Waals surface area (Å²) in [5.74, 6) is 0.111. The van der Waals surface area contributed by atoms with Gasteiger partial charge < -0.3 is 10.1 Å². The second-order valence-corrected chi connectivity index (χ2v) is 5.77. The van der Waals surface area contributed by atoms with Crippen LogP contribution in [0.15, 0.2) is 42.5 Å². The summed E-state index contributed by atoms with van der Waals surface area (Å²) in [5.41, 5.74) is 1.17. The molecule has 1 atom stereocenters. The predicted molar refractivity (Wildman–Crippen MR) is 91.6 cm³/mol. The fraction of sp³-hybridized carbons (Fsp3) is 0.176. The topological polar surface area (TPSA) is 55.4 Å². The lowest BCUT2D eigenvalue weighted by atomic mass is 10.1. The minimum absolute atomic E-state index is 0.0285. The molecule has 0 spiro atoms. The number of ether oxygens (including phenoxy) is 1. The Hall–Kier alpha value is -2.04. The van der Waals surface area contributed by atoms with Crippen molar-refractivity contribution in [3.63, 3.8) is 0 Å². The predicted octanol–water partition coefficient (Wildman–Crippen LogP) is 4.60. The van der Waals surface area contributed by atoms with E-state index in [0.29, 0.717) is 27.0 Å². The zero-order chi connectivity index (χ0) is 17.0. The Morgan fingerprint density at radius 3 is 2.26 bits per heavy atom. The Morgan fingerprint density at radius 2 is 1.70 bits per heavy atom. The molecule has 0 fully saturated rings. The smallest absolute Gasteiger partial charge is 0.265 e. The lowest BCUT2D eigenvalue weighted by Gasteiger charge is -2.15. The first-order valence-corrected chi connectivity index (χ1v) is 7.66. The van der Waals surface area contributed by atoms with Crippen LogP contribution in [0.3, 0.4) is 0 Å². The van der Waals surface area contributed by atoms with Crippen LogP contribution in [0, 0.1) is 0 Å². The number of ketones is 1. The first kappa shape index (κ1) is 17.3. The van der Waals surface area contributed by atoms with Crippen LogP contribution < -0.4 is 10.1 Å². The van der Waals surface area contributed by atoms with E-state index in [0.717, 1.165) is 0 Å². The van der Waals surface area contributed by atoms with Gasteiger partial charge >= 0.3 is 0 Å². The van der Waals surface area contributed by atoms with Crippen molar-refractivity contribution >= 4 is 40.6 Å². The summed E-state index contributed by atoms with van der Waals surface area (Å²) in [7, 11) is 0. The lowest BCUT2D eigenvalue weighted by molar-refractivity contribution is -0.122. The number of carbonyl (C=O) groups excluding carboxylic acids is 2. The Balaban J connectivity index is 1.99. The van der Waals surface area contributed by atoms with E-state index in [1.54, 1.807) is 49.4 Å². The Kier molecular flexibility index (Phi) is 5.64. The molecule has 0 radical (unpaired) electrons. The molecule has 2 aromatic rings. The second-order valence-electron chi connectivity index (χ2n) is 4.96. The molecule has 0 saturated heterocycles. The number of rotatable bonds is 5. The van der Waals surface area contributed by atoms with Crippen LogP contribution in [0.2, 0.25) is 10.0 Å². The molecular weight excluding hydrogens is 337 g/mol. The van der Waals surface area contributed by atoms with Crippen molar-refractivity contribution in [2.75, 3.05) is 5.32 Å². The molecule has 2 aromatic carbocycles. The molecule has 0 aliphatic rings. The number of hydrogen-bond donors (Lipinski definition) is 1. The molecule has 1 N–H and O–H groups in total. The van der Waals surface area contributed by atoms with Crippen LogP contribution >= 0.6 is 23.2 Å². The quantitative estimate of drug-likeness (QED) is 0.800. The van der Waals surface area contributed by atoms with Gasteiger partial charge in [0.05, 0.1) is 10.0 Å². The summed E-state index contributed by atoms with van der Waals surface area (Å²) in [5, 5.41) is 3.50. The van der Waals surface area contributed by atoms with Crippen LogP contribution in [0.25, 0.3) is 0 Å². The van der Waals surface area contributed by atoms with Crippen LogP contribution in [0.4, 0.5) is 5.69 Å². The standard InChI is InChI=1S/C17H15Cl2NO3/c1-10(21)12-3-5-13(6-4-12)20-17(22)11(2)23-14-7-8-15(18)16(19)9-14/h3-9,11H,1-2H3,(H,20,22)/t11-/m0/s1. The number of hydrogen-bond acceptors (Lipinski definition) is 3. The van der Waals surface area contributed by atoms with Crippen LogP contribution in [0.1, 0.15) is 24.2 Å². The summed E-state index contributed by atoms with van der Waals surface area (Å²) < 4.78 is 5.54. The lowest BCUT2D eigenvalue weighted by Crippen LogP contribution is -2.30. The average molecular weight is 352 g/mol. The normalized spacial score (nSPS) is 11.7. The van der Waals surface area contributed by atoms with E-state index >= 15 is 0 Å². The molecule has 0 aliphatic carbocycles. The van der Waals surface area contributed by atoms with Crippen molar-refractivity contribution in [2.24, 2.45) is 0 Å². The third-order valence-corrected chi connectivity index (χ3v) is 3.87. The fourth-order valence-electron chi connectivity index (χ4n) is 1.84. The zero-order valence-corrected chi connectivity index (χ0v) is 14.1. The van der Waals surface area contributed by atoms with Crippen molar-refractivity contribution in [3.8, 4) is 5.75 Å². The Morgan fingerprint density at radius 1 is 1.04 bits per heavy atom. The molecule has 0 aliphatic heterocycles. The molecule has 4 nitrogen and oxygen atoms in total. The summed E-state index contributed by atoms with van der Waals surface area (Å²) in [6.07, 6.45) is -0.722. The molecule has 23 heavy (non-hydrogen) atoms. The molecule has 0 bridgehead atoms. The summed E-state index contributed by atoms with van der Waals surface area (Å²) in [6.45, 7) is 3.11. The molecule has 1 amide bonds. The minimum Gasteiger partial charge on any atom is -0.481 e. The highest BCUT2D eigenvalue weighted by Crippen LogP contribution is 2.27. The van der Waals surface area contributed by atoms with E-state index in [2.05, 4.69) is 5.32 Å². The fourth-order valence-corrected chi connectivity index (χ4v) is 2.13. The number of nitrogens with one attached hydrogen (secondary N) is 1. The van der Waals surface area contributed by atoms with Crippen molar-refractivity contribution in [1.29, 1.82) is 0 Å². The van der Waals surface area contributed by atoms with Crippen LogP contribution in [0.5, 0.6) is 5.75 Å². The molecule has 2 rings (SSSR count). The van der Waals surface area contributed by atoms with Crippen molar-refractivity contribution in [3.05, 3.63) is 58.1 Å². The molecule has 120 valence electrons. The van der Waals surface area contributed by atoms with Crippen LogP contribution in [-0.2, 0) is 4.79 Å². The number of benzene rings is 2. The first-order chi connectivity index (χ1) is 10.9. The molecular formula is C17H15Cl2NO3. The SMILES string of the molecule is CC(=O)c1ccc(NC(=O)[C@H](C)Oc2ccc(Cl)c(Cl)c2)cc1. The summed E-state index contributed by atoms with van der Waals surface area (Å²) in [4.78, 5) is 23.3. The van der Waals surface area contributed by atoms with Gasteiger partial charge in [-0.15, -0.1) is 0 Å². The monoisotopic (exact) mass is 351 g/mol. The second kappa shape index (κ2) is 7.49. The molecule has 0 saturated carbocycles. The van der Waals surface area contributed by atoms with Crippen LogP contribution in [-0.4, -0.2) is 17.8 Å². The Bertz CT molecular complexity index is 729. The van der Waals surface area contributed by atoms with Gasteiger partial charge in [-0.25, -0.2) is 0 Å². The van der Waals surface area contributed by atoms with E-state index < -0.39 is 6.10 Å². The first-order valence-electron chi connectivity index (χ1n) is 6.90. The highest BCUT2D eigenvalue weighted by atomic mass is 35.5. The van der Waals surface area contributed by atoms with E-state index in [9.17, 15) is 9.59 Å². The third kappa shape index (κ3) is 4.71. The molecule has 0 unspecified atom stereocenters. The number of carbonyl (C=O) groups is 2. The van der Waals surface area contributed by atoms with Gasteiger partial charge in [0.15, 0.2) is 11.9 Å². The van der Waals surface area contributed by atoms with Gasteiger partial charge in [-0.1, -0.05) is 23.2 Å². The van der Waals surface area contributed by atoms with Gasteiger partial charge in [0.25, 0.3) is 5.91 Å². The van der Waals surface area contributed by atoms with Gasteiger partial charge in [0, 0.05) is 17.3 Å². The number of amides is 1. The van der Waals surface area contributed by atoms with Gasteiger partial charge in [0.2, 0.25) is 0 Å². The van der Waals surface area contributed by atoms with Gasteiger partial charge in [-0.05, 0) is 50.2 Å².